The van der Waals surface area contributed by atoms with Crippen molar-refractivity contribution in [2.75, 3.05) is 11.5 Å². The van der Waals surface area contributed by atoms with Crippen molar-refractivity contribution >= 4 is 23.5 Å². The normalized spacial score (nSPS) is 26.5. The molecule has 1 aliphatic carbocycles. The number of thioether (sulfide) groups is 2. The third kappa shape index (κ3) is 1.85. The van der Waals surface area contributed by atoms with Gasteiger partial charge in [-0.2, -0.15) is 0 Å². The number of rotatable bonds is 1. The highest BCUT2D eigenvalue weighted by molar-refractivity contribution is 8.17. The molecule has 0 radical (unpaired) electrons. The molecule has 60 valence electrons. The van der Waals surface area contributed by atoms with Crippen LogP contribution in [0.25, 0.3) is 0 Å². The van der Waals surface area contributed by atoms with E-state index in [1.54, 1.807) is 0 Å². The van der Waals surface area contributed by atoms with Gasteiger partial charge >= 0.3 is 0 Å². The van der Waals surface area contributed by atoms with Gasteiger partial charge in [-0.15, -0.1) is 23.5 Å². The molecule has 0 unspecified atom stereocenters. The molecule has 0 spiro atoms. The fraction of sp³-hybridized carbons (Fsp3) is 0.556. The summed E-state index contributed by atoms with van der Waals surface area (Å²) in [6, 6.07) is 0. The summed E-state index contributed by atoms with van der Waals surface area (Å²) in [5.74, 6) is 3.43. The minimum atomic E-state index is 0.713. The lowest BCUT2D eigenvalue weighted by Gasteiger charge is -2.24. The van der Waals surface area contributed by atoms with Crippen LogP contribution in [-0.2, 0) is 0 Å². The minimum Gasteiger partial charge on any atom is -0.147 e. The van der Waals surface area contributed by atoms with Crippen molar-refractivity contribution in [2.45, 2.75) is 11.0 Å². The van der Waals surface area contributed by atoms with Gasteiger partial charge in [0.2, 0.25) is 0 Å². The average molecular weight is 184 g/mol. The third-order valence-electron chi connectivity index (χ3n) is 1.94. The summed E-state index contributed by atoms with van der Waals surface area (Å²) in [4.78, 5) is 0. The zero-order chi connectivity index (χ0) is 7.52. The molecule has 0 atom stereocenters. The number of hydrogen-bond acceptors (Lipinski definition) is 2. The molecular formula is C9H12S2. The molecular weight excluding hydrogens is 172 g/mol. The van der Waals surface area contributed by atoms with Gasteiger partial charge < -0.3 is 0 Å². The quantitative estimate of drug-likeness (QED) is 0.614. The zero-order valence-corrected chi connectivity index (χ0v) is 8.03. The van der Waals surface area contributed by atoms with Crippen LogP contribution in [0, 0.1) is 5.92 Å². The molecule has 2 heteroatoms. The molecule has 11 heavy (non-hydrogen) atoms. The van der Waals surface area contributed by atoms with Crippen molar-refractivity contribution < 1.29 is 0 Å². The van der Waals surface area contributed by atoms with E-state index < -0.39 is 0 Å². The lowest BCUT2D eigenvalue weighted by atomic mass is 10.2. The molecule has 0 amide bonds. The molecule has 1 aliphatic heterocycles. The second-order valence-electron chi connectivity index (χ2n) is 2.81. The van der Waals surface area contributed by atoms with E-state index in [9.17, 15) is 0 Å². The Kier molecular flexibility index (Phi) is 2.64. The monoisotopic (exact) mass is 184 g/mol. The Bertz CT molecular complexity index is 166. The fourth-order valence-corrected chi connectivity index (χ4v) is 4.40. The average Bonchev–Trinajstić information content (AvgIpc) is 2.58. The molecule has 2 aliphatic rings. The number of hydrogen-bond donors (Lipinski definition) is 0. The van der Waals surface area contributed by atoms with E-state index in [4.69, 9.17) is 0 Å². The largest absolute Gasteiger partial charge is 0.147 e. The Labute approximate surface area is 76.5 Å². The summed E-state index contributed by atoms with van der Waals surface area (Å²) in [6.45, 7) is 0. The van der Waals surface area contributed by atoms with Crippen LogP contribution >= 0.6 is 23.5 Å². The lowest BCUT2D eigenvalue weighted by Crippen LogP contribution is -2.13. The summed E-state index contributed by atoms with van der Waals surface area (Å²) in [5.41, 5.74) is 0. The van der Waals surface area contributed by atoms with Gasteiger partial charge in [0.25, 0.3) is 0 Å². The van der Waals surface area contributed by atoms with Crippen LogP contribution < -0.4 is 0 Å². The topological polar surface area (TPSA) is 0 Å². The summed E-state index contributed by atoms with van der Waals surface area (Å²) in [7, 11) is 0. The van der Waals surface area contributed by atoms with E-state index in [0.29, 0.717) is 5.92 Å². The molecule has 0 aromatic carbocycles. The Hall–Kier alpha value is 0.180. The highest BCUT2D eigenvalue weighted by atomic mass is 32.2. The van der Waals surface area contributed by atoms with Crippen LogP contribution in [0.15, 0.2) is 24.3 Å². The highest BCUT2D eigenvalue weighted by Gasteiger charge is 2.21. The Morgan fingerprint density at radius 2 is 1.64 bits per heavy atom. The number of allylic oxidation sites excluding steroid dienone is 4. The van der Waals surface area contributed by atoms with E-state index in [-0.39, 0.29) is 0 Å². The van der Waals surface area contributed by atoms with Gasteiger partial charge in [0.1, 0.15) is 0 Å². The molecule has 1 fully saturated rings. The van der Waals surface area contributed by atoms with Crippen molar-refractivity contribution in [1.82, 2.24) is 0 Å². The van der Waals surface area contributed by atoms with Crippen molar-refractivity contribution in [1.29, 1.82) is 0 Å². The van der Waals surface area contributed by atoms with Crippen LogP contribution in [0.3, 0.4) is 0 Å². The highest BCUT2D eigenvalue weighted by Crippen LogP contribution is 2.38. The van der Waals surface area contributed by atoms with Gasteiger partial charge in [0, 0.05) is 5.92 Å². The van der Waals surface area contributed by atoms with Gasteiger partial charge in [-0.3, -0.25) is 0 Å². The second-order valence-corrected chi connectivity index (χ2v) is 5.61. The van der Waals surface area contributed by atoms with E-state index in [1.165, 1.54) is 17.9 Å². The first-order valence-corrected chi connectivity index (χ1v) is 6.15. The van der Waals surface area contributed by atoms with E-state index in [2.05, 4.69) is 47.8 Å². The first kappa shape index (κ1) is 7.81. The van der Waals surface area contributed by atoms with Crippen molar-refractivity contribution in [3.8, 4) is 0 Å². The molecule has 1 heterocycles. The lowest BCUT2D eigenvalue weighted by molar-refractivity contribution is 0.914. The molecule has 0 aromatic heterocycles. The predicted molar refractivity (Wildman–Crippen MR) is 55.1 cm³/mol. The molecule has 0 N–H and O–H groups in total. The van der Waals surface area contributed by atoms with Crippen molar-refractivity contribution in [3.63, 3.8) is 0 Å². The molecule has 2 rings (SSSR count). The van der Waals surface area contributed by atoms with Crippen molar-refractivity contribution in [3.05, 3.63) is 24.3 Å². The SMILES string of the molecule is C1=CC(C2SCCCS2)C=C1. The molecule has 0 aromatic rings. The fourth-order valence-electron chi connectivity index (χ4n) is 1.36. The van der Waals surface area contributed by atoms with Gasteiger partial charge in [0.15, 0.2) is 0 Å². The summed E-state index contributed by atoms with van der Waals surface area (Å²) in [5, 5.41) is 0. The third-order valence-corrected chi connectivity index (χ3v) is 5.10. The first-order chi connectivity index (χ1) is 5.47. The zero-order valence-electron chi connectivity index (χ0n) is 6.40. The maximum absolute atomic E-state index is 2.32. The Morgan fingerprint density at radius 3 is 2.27 bits per heavy atom. The summed E-state index contributed by atoms with van der Waals surface area (Å²) < 4.78 is 0.804. The van der Waals surface area contributed by atoms with Crippen LogP contribution in [-0.4, -0.2) is 16.1 Å². The maximum Gasteiger partial charge on any atom is 0.0599 e. The van der Waals surface area contributed by atoms with Crippen LogP contribution in [0.1, 0.15) is 6.42 Å². The molecule has 1 saturated heterocycles. The maximum atomic E-state index is 2.32. The Balaban J connectivity index is 1.92. The van der Waals surface area contributed by atoms with Crippen LogP contribution in [0.4, 0.5) is 0 Å². The van der Waals surface area contributed by atoms with E-state index in [1.807, 2.05) is 0 Å². The predicted octanol–water partition coefficient (Wildman–Crippen LogP) is 2.92. The summed E-state index contributed by atoms with van der Waals surface area (Å²) in [6.07, 6.45) is 10.4. The standard InChI is InChI=1S/C9H12S2/c1-2-5-8(4-1)9-10-6-3-7-11-9/h1-2,4-5,8-9H,3,6-7H2. The molecule has 0 saturated carbocycles. The van der Waals surface area contributed by atoms with E-state index >= 15 is 0 Å². The molecule has 0 nitrogen and oxygen atoms in total. The van der Waals surface area contributed by atoms with Gasteiger partial charge in [-0.1, -0.05) is 24.3 Å². The summed E-state index contributed by atoms with van der Waals surface area (Å²) >= 11 is 4.24. The molecule has 0 bridgehead atoms. The van der Waals surface area contributed by atoms with Crippen LogP contribution in [0.2, 0.25) is 0 Å². The van der Waals surface area contributed by atoms with Gasteiger partial charge in [-0.05, 0) is 17.9 Å². The van der Waals surface area contributed by atoms with Gasteiger partial charge in [0.05, 0.1) is 4.58 Å². The minimum absolute atomic E-state index is 0.713. The second kappa shape index (κ2) is 3.72. The smallest absolute Gasteiger partial charge is 0.0599 e. The first-order valence-electron chi connectivity index (χ1n) is 4.05. The van der Waals surface area contributed by atoms with Gasteiger partial charge in [-0.25, -0.2) is 0 Å². The van der Waals surface area contributed by atoms with Crippen LogP contribution in [0.5, 0.6) is 0 Å². The van der Waals surface area contributed by atoms with E-state index in [0.717, 1.165) is 4.58 Å². The Morgan fingerprint density at radius 1 is 1.00 bits per heavy atom. The van der Waals surface area contributed by atoms with Crippen molar-refractivity contribution in [2.24, 2.45) is 5.92 Å².